The van der Waals surface area contributed by atoms with Crippen LogP contribution in [0.2, 0.25) is 0 Å². The molecule has 9 atom stereocenters. The summed E-state index contributed by atoms with van der Waals surface area (Å²) < 4.78 is 31.8. The molecule has 6 aromatic rings. The number of phenolic OH excluding ortho intramolecular Hbond substituents is 2. The van der Waals surface area contributed by atoms with E-state index in [9.17, 15) is 50.4 Å². The number of anilines is 1. The van der Waals surface area contributed by atoms with E-state index in [0.717, 1.165) is 11.1 Å². The third-order valence-electron chi connectivity index (χ3n) is 14.8. The Bertz CT molecular complexity index is 3090. The lowest BCUT2D eigenvalue weighted by atomic mass is 9.59. The van der Waals surface area contributed by atoms with E-state index < -0.39 is 94.7 Å². The first kappa shape index (κ1) is 49.6. The van der Waals surface area contributed by atoms with Crippen LogP contribution in [0.4, 0.5) is 5.82 Å². The number of rotatable bonds is 16. The highest BCUT2D eigenvalue weighted by Crippen LogP contribution is 2.54. The van der Waals surface area contributed by atoms with Gasteiger partial charge in [0.1, 0.15) is 57.5 Å². The molecule has 2 aliphatic carbocycles. The molecule has 0 unspecified atom stereocenters. The van der Waals surface area contributed by atoms with Crippen molar-refractivity contribution in [2.24, 2.45) is 5.92 Å². The second-order valence-electron chi connectivity index (χ2n) is 19.4. The van der Waals surface area contributed by atoms with E-state index in [0.29, 0.717) is 73.5 Å². The first-order valence-corrected chi connectivity index (χ1v) is 24.3. The molecule has 10 rings (SSSR count). The van der Waals surface area contributed by atoms with Crippen molar-refractivity contribution in [3.63, 3.8) is 0 Å². The number of carbonyl (C=O) groups is 1. The summed E-state index contributed by atoms with van der Waals surface area (Å²) in [5, 5.41) is 99.0. The Kier molecular flexibility index (Phi) is 13.2. The summed E-state index contributed by atoms with van der Waals surface area (Å²) in [5.41, 5.74) is 1.58. The Labute approximate surface area is 418 Å². The van der Waals surface area contributed by atoms with Gasteiger partial charge in [-0.05, 0) is 110 Å². The number of ether oxygens (including phenoxy) is 4. The molecular weight excluding hydrogens is 945 g/mol. The zero-order valence-corrected chi connectivity index (χ0v) is 39.7. The van der Waals surface area contributed by atoms with Crippen LogP contribution in [-0.2, 0) is 28.0 Å². The van der Waals surface area contributed by atoms with Gasteiger partial charge in [-0.25, -0.2) is 4.79 Å². The third-order valence-corrected chi connectivity index (χ3v) is 14.8. The fourth-order valence-corrected chi connectivity index (χ4v) is 11.2. The number of aryl methyl sites for hydroxylation is 1. The number of aromatic hydroxyl groups is 2. The maximum atomic E-state index is 14.3. The SMILES string of the molecule is CCc1cc(O)cc(C2(Oc3c(O[C@@H]4O[C@H](C(=O)O)[C@]5(O)[C@@H]([C@@H]6CNCN6)C(Cc6ccccc6)=C[C@@]4(O)[C@@H]5O)cc4oc(-c5ccc(O[C@H](CO)[C@H](O)c6ccc(N)[nH]6)cc5)cc(=O)c4c3O)CCCC2)c1. The van der Waals surface area contributed by atoms with Crippen molar-refractivity contribution in [3.05, 3.63) is 141 Å². The van der Waals surface area contributed by atoms with Crippen LogP contribution in [-0.4, -0.2) is 113 Å². The van der Waals surface area contributed by atoms with Crippen LogP contribution >= 0.6 is 0 Å². The minimum Gasteiger partial charge on any atom is -0.508 e. The van der Waals surface area contributed by atoms with Crippen LogP contribution in [0.25, 0.3) is 22.3 Å². The summed E-state index contributed by atoms with van der Waals surface area (Å²) in [6, 6.07) is 25.4. The number of nitrogens with two attached hydrogens (primary N) is 1. The van der Waals surface area contributed by atoms with Gasteiger partial charge in [0.05, 0.1) is 6.61 Å². The molecular formula is C54H58N4O15. The molecule has 4 aliphatic rings. The number of aromatic nitrogens is 1. The van der Waals surface area contributed by atoms with Gasteiger partial charge in [-0.3, -0.25) is 10.1 Å². The smallest absolute Gasteiger partial charge is 0.336 e. The molecule has 2 saturated heterocycles. The monoisotopic (exact) mass is 1000 g/mol. The summed E-state index contributed by atoms with van der Waals surface area (Å²) in [4.78, 5) is 30.5. The number of benzene rings is 4. The van der Waals surface area contributed by atoms with Crippen LogP contribution in [0.15, 0.2) is 118 Å². The van der Waals surface area contributed by atoms with Gasteiger partial charge in [-0.15, -0.1) is 0 Å². The number of H-pyrrole nitrogens is 1. The molecule has 0 radical (unpaired) electrons. The fraction of sp³-hybridized carbons (Fsp3) is 0.370. The molecule has 3 fully saturated rings. The second-order valence-corrected chi connectivity index (χ2v) is 19.4. The average Bonchev–Trinajstić information content (AvgIpc) is 4.19. The maximum Gasteiger partial charge on any atom is 0.336 e. The predicted octanol–water partition coefficient (Wildman–Crippen LogP) is 3.99. The zero-order chi connectivity index (χ0) is 51.4. The van der Waals surface area contributed by atoms with Gasteiger partial charge in [0.15, 0.2) is 34.7 Å². The van der Waals surface area contributed by atoms with Gasteiger partial charge in [-0.1, -0.05) is 48.9 Å². The van der Waals surface area contributed by atoms with Gasteiger partial charge in [0, 0.05) is 48.6 Å². The van der Waals surface area contributed by atoms with Crippen LogP contribution in [0, 0.1) is 5.92 Å². The standard InChI is InChI=1S/C54H58N4O15/c1-2-28-19-32(21-33(60)20-28)52(16-6-7-17-52)73-47-40(23-39-43(46(47)63)37(61)22-38(70-39)30-10-12-34(13-11-30)69-41(26-59)45(62)35-14-15-42(55)58-35)71-51-53(67)24-31(18-29-8-4-3-5-9-29)44(36-25-56-27-57-36)54(68,50(53)66)48(72-51)49(64)65/h3-5,8-15,19-24,36,41,44-45,48,50-51,56-60,62-63,66-68H,2,6-7,16-18,25-27,55H2,1H3,(H,64,65)/t36-,41+,44+,45+,48+,50-,51+,53+,54+/m0/s1. The molecule has 19 heteroatoms. The first-order valence-electron chi connectivity index (χ1n) is 24.3. The average molecular weight is 1000 g/mol. The number of carboxylic acid groups (broad SMARTS) is 1. The fourth-order valence-electron chi connectivity index (χ4n) is 11.2. The number of fused-ring (bicyclic) bond motifs is 3. The van der Waals surface area contributed by atoms with Crippen molar-refractivity contribution < 1.29 is 69.0 Å². The first-order chi connectivity index (χ1) is 35.0. The number of carboxylic acids is 1. The number of aliphatic carboxylic acids is 1. The number of aromatic amines is 1. The molecule has 2 aliphatic heterocycles. The number of nitrogen functional groups attached to an aromatic ring is 1. The van der Waals surface area contributed by atoms with Crippen molar-refractivity contribution in [1.82, 2.24) is 15.6 Å². The molecule has 4 aromatic carbocycles. The Morgan fingerprint density at radius 1 is 0.959 bits per heavy atom. The lowest BCUT2D eigenvalue weighted by Crippen LogP contribution is -2.79. The van der Waals surface area contributed by atoms with E-state index in [2.05, 4.69) is 15.6 Å². The number of aliphatic hydroxyl groups is 5. The van der Waals surface area contributed by atoms with Gasteiger partial charge >= 0.3 is 5.97 Å². The highest BCUT2D eigenvalue weighted by Gasteiger charge is 2.71. The van der Waals surface area contributed by atoms with Gasteiger partial charge in [0.25, 0.3) is 0 Å². The van der Waals surface area contributed by atoms with Crippen molar-refractivity contribution in [2.45, 2.75) is 99.0 Å². The third kappa shape index (κ3) is 8.95. The normalized spacial score (nSPS) is 26.3. The van der Waals surface area contributed by atoms with Gasteiger partial charge in [-0.2, -0.15) is 0 Å². The van der Waals surface area contributed by atoms with Crippen molar-refractivity contribution in [3.8, 4) is 40.1 Å². The number of hydrogen-bond donors (Lipinski definition) is 12. The van der Waals surface area contributed by atoms with E-state index >= 15 is 0 Å². The Morgan fingerprint density at radius 3 is 2.37 bits per heavy atom. The van der Waals surface area contributed by atoms with E-state index in [-0.39, 0.29) is 34.6 Å². The zero-order valence-electron chi connectivity index (χ0n) is 39.7. The van der Waals surface area contributed by atoms with Crippen molar-refractivity contribution >= 4 is 22.8 Å². The van der Waals surface area contributed by atoms with Gasteiger partial charge in [0.2, 0.25) is 12.0 Å². The molecule has 19 nitrogen and oxygen atoms in total. The highest BCUT2D eigenvalue weighted by molar-refractivity contribution is 5.90. The summed E-state index contributed by atoms with van der Waals surface area (Å²) in [6.45, 7) is 2.01. The number of aliphatic hydroxyl groups excluding tert-OH is 3. The topological polar surface area (TPSA) is 312 Å². The van der Waals surface area contributed by atoms with E-state index in [1.54, 1.807) is 36.4 Å². The minimum absolute atomic E-state index is 0.0134. The van der Waals surface area contributed by atoms with E-state index in [4.69, 9.17) is 29.1 Å². The lowest BCUT2D eigenvalue weighted by molar-refractivity contribution is -0.344. The Balaban J connectivity index is 1.09. The summed E-state index contributed by atoms with van der Waals surface area (Å²) in [6.07, 6.45) is -4.68. The van der Waals surface area contributed by atoms with Crippen molar-refractivity contribution in [1.29, 1.82) is 0 Å². The molecule has 384 valence electrons. The molecule has 73 heavy (non-hydrogen) atoms. The van der Waals surface area contributed by atoms with E-state index in [1.165, 1.54) is 30.3 Å². The van der Waals surface area contributed by atoms with Crippen LogP contribution in [0.3, 0.4) is 0 Å². The molecule has 0 spiro atoms. The second kappa shape index (κ2) is 19.5. The molecule has 2 aromatic heterocycles. The molecule has 1 saturated carbocycles. The van der Waals surface area contributed by atoms with Crippen molar-refractivity contribution in [2.75, 3.05) is 25.6 Å². The lowest BCUT2D eigenvalue weighted by Gasteiger charge is -2.58. The van der Waals surface area contributed by atoms with Gasteiger partial charge < -0.3 is 80.3 Å². The minimum atomic E-state index is -2.66. The van der Waals surface area contributed by atoms with E-state index in [1.807, 2.05) is 43.3 Å². The molecule has 4 heterocycles. The summed E-state index contributed by atoms with van der Waals surface area (Å²) in [7, 11) is 0. The molecule has 2 bridgehead atoms. The number of phenols is 2. The quantitative estimate of drug-likeness (QED) is 0.0610. The number of nitrogens with one attached hydrogen (secondary N) is 3. The van der Waals surface area contributed by atoms with Crippen LogP contribution in [0.1, 0.15) is 61.1 Å². The Hall–Kier alpha value is -6.94. The predicted molar refractivity (Wildman–Crippen MR) is 264 cm³/mol. The largest absolute Gasteiger partial charge is 0.508 e. The summed E-state index contributed by atoms with van der Waals surface area (Å²) in [5.74, 6) is -3.70. The molecule has 13 N–H and O–H groups in total. The molecule has 0 amide bonds. The number of hydrogen-bond acceptors (Lipinski definition) is 17. The maximum absolute atomic E-state index is 14.3. The Morgan fingerprint density at radius 2 is 1.71 bits per heavy atom. The highest BCUT2D eigenvalue weighted by atomic mass is 16.7. The van der Waals surface area contributed by atoms with Crippen LogP contribution in [0.5, 0.6) is 28.7 Å². The van der Waals surface area contributed by atoms with Crippen LogP contribution < -0.4 is 36.0 Å². The summed E-state index contributed by atoms with van der Waals surface area (Å²) >= 11 is 0.